The molecule has 0 bridgehead atoms. The number of methoxy groups -OCH3 is 3. The summed E-state index contributed by atoms with van der Waals surface area (Å²) in [7, 11) is 4.77. The minimum Gasteiger partial charge on any atom is -0.497 e. The van der Waals surface area contributed by atoms with Crippen molar-refractivity contribution in [3.05, 3.63) is 84.1 Å². The van der Waals surface area contributed by atoms with Crippen molar-refractivity contribution in [1.82, 2.24) is 4.98 Å². The van der Waals surface area contributed by atoms with Gasteiger partial charge >= 0.3 is 0 Å². The average molecular weight is 533 g/mol. The Kier molecular flexibility index (Phi) is 12.4. The summed E-state index contributed by atoms with van der Waals surface area (Å²) < 4.78 is 20.8. The molecule has 1 heterocycles. The third-order valence-electron chi connectivity index (χ3n) is 5.29. The van der Waals surface area contributed by atoms with Gasteiger partial charge in [-0.3, -0.25) is 9.59 Å². The maximum absolute atomic E-state index is 12.0. The number of carbonyl (C=O) groups is 2. The highest BCUT2D eigenvalue weighted by Crippen LogP contribution is 2.31. The van der Waals surface area contributed by atoms with Crippen molar-refractivity contribution in [2.45, 2.75) is 27.7 Å². The smallest absolute Gasteiger partial charge is 0.250 e. The molecule has 0 spiro atoms. The third kappa shape index (κ3) is 8.83. The molecule has 0 saturated heterocycles. The minimum atomic E-state index is -0.240. The fourth-order valence-corrected chi connectivity index (χ4v) is 3.47. The Morgan fingerprint density at radius 2 is 1.54 bits per heavy atom. The first kappa shape index (κ1) is 30.8. The van der Waals surface area contributed by atoms with Gasteiger partial charge in [0.05, 0.1) is 14.2 Å². The van der Waals surface area contributed by atoms with Crippen molar-refractivity contribution < 1.29 is 28.2 Å². The Balaban J connectivity index is 0.000000343. The summed E-state index contributed by atoms with van der Waals surface area (Å²) in [5, 5.41) is 2.71. The molecule has 0 unspecified atom stereocenters. The lowest BCUT2D eigenvalue weighted by molar-refractivity contribution is -0.119. The van der Waals surface area contributed by atoms with Crippen LogP contribution in [-0.2, 0) is 9.53 Å². The van der Waals surface area contributed by atoms with Gasteiger partial charge in [0.15, 0.2) is 17.2 Å². The number of rotatable bonds is 8. The number of ketones is 1. The molecule has 1 amide bonds. The zero-order valence-corrected chi connectivity index (χ0v) is 23.5. The molecule has 0 radical (unpaired) electrons. The maximum Gasteiger partial charge on any atom is 0.250 e. The van der Waals surface area contributed by atoms with Crippen molar-refractivity contribution in [1.29, 1.82) is 0 Å². The molecule has 39 heavy (non-hydrogen) atoms. The van der Waals surface area contributed by atoms with Gasteiger partial charge in [-0.15, -0.1) is 0 Å². The van der Waals surface area contributed by atoms with E-state index in [2.05, 4.69) is 10.3 Å². The van der Waals surface area contributed by atoms with Crippen molar-refractivity contribution >= 4 is 17.4 Å². The second kappa shape index (κ2) is 15.7. The van der Waals surface area contributed by atoms with Gasteiger partial charge in [0.1, 0.15) is 18.1 Å². The van der Waals surface area contributed by atoms with Crippen LogP contribution in [0.4, 0.5) is 5.69 Å². The monoisotopic (exact) mass is 532 g/mol. The highest BCUT2D eigenvalue weighted by Gasteiger charge is 2.19. The van der Waals surface area contributed by atoms with Crippen LogP contribution in [0.15, 0.2) is 77.2 Å². The number of hydrogen-bond donors (Lipinski definition) is 1. The first-order valence-electron chi connectivity index (χ1n) is 12.5. The topological polar surface area (TPSA) is 99.9 Å². The number of ether oxygens (including phenoxy) is 3. The van der Waals surface area contributed by atoms with E-state index >= 15 is 0 Å². The number of aromatic nitrogens is 1. The molecule has 0 aliphatic heterocycles. The van der Waals surface area contributed by atoms with Crippen LogP contribution in [-0.4, -0.2) is 44.6 Å². The first-order chi connectivity index (χ1) is 18.9. The molecule has 0 atom stereocenters. The SMILES string of the molecule is CC.COCC(=O)Nc1ccc(-c2oc(-c3ccccc3)nc2C(C)=O)cc1.COc1ccc(OC)c(C)c1. The highest BCUT2D eigenvalue weighted by molar-refractivity contribution is 5.98. The van der Waals surface area contributed by atoms with Gasteiger partial charge in [-0.05, 0) is 67.1 Å². The lowest BCUT2D eigenvalue weighted by Gasteiger charge is -2.05. The zero-order chi connectivity index (χ0) is 28.8. The Morgan fingerprint density at radius 3 is 2.08 bits per heavy atom. The molecule has 0 aliphatic carbocycles. The van der Waals surface area contributed by atoms with Crippen LogP contribution in [0.3, 0.4) is 0 Å². The standard InChI is InChI=1S/C20H18N2O4.C9H12O2.C2H6/c1-13(23)18-19(26-20(22-18)15-6-4-3-5-7-15)14-8-10-16(11-9-14)21-17(24)12-25-2;1-7-6-8(10-2)4-5-9(7)11-3;1-2/h3-11H,12H2,1-2H3,(H,21,24);4-6H,1-3H3;1-2H3. The third-order valence-corrected chi connectivity index (χ3v) is 5.29. The number of anilines is 1. The summed E-state index contributed by atoms with van der Waals surface area (Å²) in [5.41, 5.74) is 3.49. The molecular weight excluding hydrogens is 496 g/mol. The molecule has 1 N–H and O–H groups in total. The van der Waals surface area contributed by atoms with E-state index < -0.39 is 0 Å². The molecule has 0 fully saturated rings. The molecule has 4 rings (SSSR count). The predicted octanol–water partition coefficient (Wildman–Crippen LogP) is 6.83. The van der Waals surface area contributed by atoms with Gasteiger partial charge in [0.25, 0.3) is 0 Å². The number of carbonyl (C=O) groups excluding carboxylic acids is 2. The van der Waals surface area contributed by atoms with Crippen LogP contribution in [0.1, 0.15) is 36.8 Å². The quantitative estimate of drug-likeness (QED) is 0.248. The molecule has 3 aromatic carbocycles. The summed E-state index contributed by atoms with van der Waals surface area (Å²) in [6.07, 6.45) is 0. The van der Waals surface area contributed by atoms with Gasteiger partial charge < -0.3 is 23.9 Å². The predicted molar refractivity (Wildman–Crippen MR) is 154 cm³/mol. The number of benzene rings is 3. The second-order valence-corrected chi connectivity index (χ2v) is 8.01. The van der Waals surface area contributed by atoms with E-state index in [9.17, 15) is 9.59 Å². The largest absolute Gasteiger partial charge is 0.497 e. The highest BCUT2D eigenvalue weighted by atomic mass is 16.5. The van der Waals surface area contributed by atoms with Crippen LogP contribution in [0.2, 0.25) is 0 Å². The Bertz CT molecular complexity index is 1330. The van der Waals surface area contributed by atoms with Crippen LogP contribution < -0.4 is 14.8 Å². The number of amides is 1. The second-order valence-electron chi connectivity index (χ2n) is 8.01. The normalized spacial score (nSPS) is 9.82. The van der Waals surface area contributed by atoms with Crippen LogP contribution >= 0.6 is 0 Å². The summed E-state index contributed by atoms with van der Waals surface area (Å²) in [6, 6.07) is 22.1. The number of aryl methyl sites for hydroxylation is 1. The molecule has 8 nitrogen and oxygen atoms in total. The van der Waals surface area contributed by atoms with E-state index in [4.69, 9.17) is 18.6 Å². The summed E-state index contributed by atoms with van der Waals surface area (Å²) >= 11 is 0. The van der Waals surface area contributed by atoms with Gasteiger partial charge in [-0.25, -0.2) is 4.98 Å². The summed E-state index contributed by atoms with van der Waals surface area (Å²) in [6.45, 7) is 7.43. The molecular formula is C31H36N2O6. The van der Waals surface area contributed by atoms with Crippen LogP contribution in [0.25, 0.3) is 22.8 Å². The van der Waals surface area contributed by atoms with E-state index in [1.807, 2.05) is 69.3 Å². The van der Waals surface area contributed by atoms with Gasteiger partial charge in [-0.2, -0.15) is 0 Å². The van der Waals surface area contributed by atoms with Crippen molar-refractivity contribution in [3.8, 4) is 34.3 Å². The molecule has 4 aromatic rings. The minimum absolute atomic E-state index is 0.0151. The fourth-order valence-electron chi connectivity index (χ4n) is 3.47. The number of nitrogens with zero attached hydrogens (tertiary/aromatic N) is 1. The molecule has 0 saturated carbocycles. The number of nitrogens with one attached hydrogen (secondary N) is 1. The van der Waals surface area contributed by atoms with Crippen LogP contribution in [0, 0.1) is 6.92 Å². The fraction of sp³-hybridized carbons (Fsp3) is 0.258. The summed E-state index contributed by atoms with van der Waals surface area (Å²) in [5.74, 6) is 2.14. The van der Waals surface area contributed by atoms with Gasteiger partial charge in [-0.1, -0.05) is 32.0 Å². The molecule has 1 aromatic heterocycles. The number of hydrogen-bond acceptors (Lipinski definition) is 7. The van der Waals surface area contributed by atoms with Gasteiger partial charge in [0.2, 0.25) is 11.8 Å². The Morgan fingerprint density at radius 1 is 0.872 bits per heavy atom. The molecule has 8 heteroatoms. The van der Waals surface area contributed by atoms with Crippen LogP contribution in [0.5, 0.6) is 11.5 Å². The lowest BCUT2D eigenvalue weighted by atomic mass is 10.1. The molecule has 206 valence electrons. The van der Waals surface area contributed by atoms with Crippen molar-refractivity contribution in [2.75, 3.05) is 33.3 Å². The Hall–Kier alpha value is -4.43. The first-order valence-corrected chi connectivity index (χ1v) is 12.5. The Labute approximate surface area is 229 Å². The van der Waals surface area contributed by atoms with E-state index in [1.54, 1.807) is 38.5 Å². The molecule has 0 aliphatic rings. The maximum atomic E-state index is 12.0. The average Bonchev–Trinajstić information content (AvgIpc) is 3.41. The lowest BCUT2D eigenvalue weighted by Crippen LogP contribution is -2.16. The van der Waals surface area contributed by atoms with E-state index in [0.29, 0.717) is 22.9 Å². The van der Waals surface area contributed by atoms with E-state index in [0.717, 1.165) is 22.6 Å². The number of oxazole rings is 1. The van der Waals surface area contributed by atoms with E-state index in [-0.39, 0.29) is 24.0 Å². The summed E-state index contributed by atoms with van der Waals surface area (Å²) in [4.78, 5) is 27.9. The zero-order valence-electron chi connectivity index (χ0n) is 23.5. The van der Waals surface area contributed by atoms with E-state index in [1.165, 1.54) is 14.0 Å². The number of Topliss-reactive ketones (excluding diaryl/α,β-unsaturated/α-hetero) is 1. The van der Waals surface area contributed by atoms with Crippen molar-refractivity contribution in [2.24, 2.45) is 0 Å². The van der Waals surface area contributed by atoms with Crippen molar-refractivity contribution in [3.63, 3.8) is 0 Å². The van der Waals surface area contributed by atoms with Gasteiger partial charge in [0, 0.05) is 30.8 Å².